The molecule has 1 aliphatic carbocycles. The highest BCUT2D eigenvalue weighted by Gasteiger charge is 2.46. The summed E-state index contributed by atoms with van der Waals surface area (Å²) in [5, 5.41) is 9.84. The zero-order valence-corrected chi connectivity index (χ0v) is 12.1. The van der Waals surface area contributed by atoms with Crippen LogP contribution >= 0.6 is 0 Å². The molecule has 2 fully saturated rings. The fourth-order valence-electron chi connectivity index (χ4n) is 4.40. The van der Waals surface area contributed by atoms with E-state index in [1.165, 1.54) is 44.3 Å². The second-order valence-electron chi connectivity index (χ2n) is 6.80. The fourth-order valence-corrected chi connectivity index (χ4v) is 4.40. The Morgan fingerprint density at radius 1 is 1.32 bits per heavy atom. The highest BCUT2D eigenvalue weighted by atomic mass is 16.3. The predicted molar refractivity (Wildman–Crippen MR) is 78.4 cm³/mol. The minimum Gasteiger partial charge on any atom is -0.508 e. The number of phenolic OH excluding ortho intramolecular Hbond substituents is 1. The van der Waals surface area contributed by atoms with Crippen LogP contribution in [-0.2, 0) is 5.41 Å². The van der Waals surface area contributed by atoms with Crippen LogP contribution in [0.2, 0.25) is 0 Å². The topological polar surface area (TPSA) is 23.5 Å². The monoisotopic (exact) mass is 259 g/mol. The summed E-state index contributed by atoms with van der Waals surface area (Å²) in [6, 6.07) is 8.04. The van der Waals surface area contributed by atoms with Crippen molar-refractivity contribution in [3.05, 3.63) is 29.8 Å². The number of likely N-dealkylation sites (tertiary alicyclic amines) is 1. The molecule has 1 aromatic carbocycles. The smallest absolute Gasteiger partial charge is 0.115 e. The molecule has 1 N–H and O–H groups in total. The number of hydrogen-bond acceptors (Lipinski definition) is 2. The second-order valence-corrected chi connectivity index (χ2v) is 6.80. The predicted octanol–water partition coefficient (Wildman–Crippen LogP) is 3.40. The second kappa shape index (κ2) is 4.82. The van der Waals surface area contributed by atoms with Gasteiger partial charge in [0.05, 0.1) is 0 Å². The van der Waals surface area contributed by atoms with Gasteiger partial charge in [-0.2, -0.15) is 0 Å². The van der Waals surface area contributed by atoms with Crippen molar-refractivity contribution in [1.29, 1.82) is 0 Å². The van der Waals surface area contributed by atoms with E-state index in [4.69, 9.17) is 0 Å². The minimum atomic E-state index is 0.308. The lowest BCUT2D eigenvalue weighted by Gasteiger charge is -2.52. The molecule has 1 saturated carbocycles. The number of hydrogen-bond donors (Lipinski definition) is 1. The Bertz CT molecular complexity index is 458. The zero-order chi connectivity index (χ0) is 13.5. The highest BCUT2D eigenvalue weighted by molar-refractivity contribution is 5.35. The average molecular weight is 259 g/mol. The van der Waals surface area contributed by atoms with Crippen LogP contribution in [0.1, 0.15) is 38.2 Å². The van der Waals surface area contributed by atoms with Gasteiger partial charge in [0.15, 0.2) is 0 Å². The Balaban J connectivity index is 2.00. The molecule has 0 aromatic heterocycles. The van der Waals surface area contributed by atoms with Crippen molar-refractivity contribution in [3.8, 4) is 5.75 Å². The normalized spacial score (nSPS) is 35.9. The van der Waals surface area contributed by atoms with Gasteiger partial charge in [0.25, 0.3) is 0 Å². The molecule has 2 nitrogen and oxygen atoms in total. The van der Waals surface area contributed by atoms with E-state index >= 15 is 0 Å². The molecule has 0 amide bonds. The van der Waals surface area contributed by atoms with E-state index in [2.05, 4.69) is 24.9 Å². The third-order valence-electron chi connectivity index (χ3n) is 5.39. The van der Waals surface area contributed by atoms with Crippen molar-refractivity contribution in [2.45, 2.75) is 38.0 Å². The molecule has 2 aliphatic rings. The highest BCUT2D eigenvalue weighted by Crippen LogP contribution is 2.50. The first-order valence-electron chi connectivity index (χ1n) is 7.58. The largest absolute Gasteiger partial charge is 0.508 e. The molecule has 2 heteroatoms. The number of phenols is 1. The summed E-state index contributed by atoms with van der Waals surface area (Å²) in [7, 11) is 2.24. The summed E-state index contributed by atoms with van der Waals surface area (Å²) in [6.07, 6.45) is 5.22. The van der Waals surface area contributed by atoms with Crippen LogP contribution in [0.3, 0.4) is 0 Å². The van der Waals surface area contributed by atoms with Crippen molar-refractivity contribution in [2.75, 3.05) is 20.1 Å². The van der Waals surface area contributed by atoms with E-state index in [-0.39, 0.29) is 0 Å². The van der Waals surface area contributed by atoms with Crippen LogP contribution in [-0.4, -0.2) is 30.1 Å². The lowest BCUT2D eigenvalue weighted by Crippen LogP contribution is -2.51. The molecule has 1 saturated heterocycles. The molecule has 0 bridgehead atoms. The lowest BCUT2D eigenvalue weighted by atomic mass is 9.57. The number of fused-ring (bicyclic) bond motifs is 1. The third kappa shape index (κ3) is 2.27. The molecule has 1 aromatic rings. The van der Waals surface area contributed by atoms with Crippen molar-refractivity contribution in [2.24, 2.45) is 11.8 Å². The number of rotatable bonds is 1. The van der Waals surface area contributed by atoms with Crippen molar-refractivity contribution >= 4 is 0 Å². The van der Waals surface area contributed by atoms with E-state index in [1.807, 2.05) is 12.1 Å². The Morgan fingerprint density at radius 3 is 2.95 bits per heavy atom. The summed E-state index contributed by atoms with van der Waals surface area (Å²) < 4.78 is 0. The molecular formula is C17H25NO. The Labute approximate surface area is 116 Å². The molecule has 0 spiro atoms. The molecule has 3 rings (SSSR count). The van der Waals surface area contributed by atoms with Crippen LogP contribution < -0.4 is 0 Å². The quantitative estimate of drug-likeness (QED) is 0.835. The van der Waals surface area contributed by atoms with Gasteiger partial charge in [-0.3, -0.25) is 0 Å². The van der Waals surface area contributed by atoms with E-state index in [0.29, 0.717) is 11.2 Å². The van der Waals surface area contributed by atoms with E-state index in [9.17, 15) is 5.11 Å². The molecule has 104 valence electrons. The van der Waals surface area contributed by atoms with Crippen LogP contribution in [0.15, 0.2) is 24.3 Å². The maximum absolute atomic E-state index is 9.84. The zero-order valence-electron chi connectivity index (χ0n) is 12.1. The molecule has 3 atom stereocenters. The van der Waals surface area contributed by atoms with Gasteiger partial charge in [0.1, 0.15) is 5.75 Å². The number of aromatic hydroxyl groups is 1. The summed E-state index contributed by atoms with van der Waals surface area (Å²) in [5.41, 5.74) is 1.68. The van der Waals surface area contributed by atoms with Crippen LogP contribution in [0, 0.1) is 11.8 Å². The van der Waals surface area contributed by atoms with Gasteiger partial charge in [0.2, 0.25) is 0 Å². The first kappa shape index (κ1) is 13.0. The van der Waals surface area contributed by atoms with Gasteiger partial charge in [0, 0.05) is 12.0 Å². The van der Waals surface area contributed by atoms with Crippen molar-refractivity contribution in [3.63, 3.8) is 0 Å². The van der Waals surface area contributed by atoms with Gasteiger partial charge in [-0.05, 0) is 62.4 Å². The minimum absolute atomic E-state index is 0.308. The van der Waals surface area contributed by atoms with Crippen molar-refractivity contribution < 1.29 is 5.11 Å². The van der Waals surface area contributed by atoms with Gasteiger partial charge in [-0.1, -0.05) is 25.5 Å². The van der Waals surface area contributed by atoms with Gasteiger partial charge < -0.3 is 10.0 Å². The first-order valence-corrected chi connectivity index (χ1v) is 7.58. The van der Waals surface area contributed by atoms with E-state index < -0.39 is 0 Å². The fraction of sp³-hybridized carbons (Fsp3) is 0.647. The summed E-state index contributed by atoms with van der Waals surface area (Å²) >= 11 is 0. The number of benzene rings is 1. The Morgan fingerprint density at radius 2 is 2.16 bits per heavy atom. The molecule has 1 heterocycles. The Hall–Kier alpha value is -1.02. The van der Waals surface area contributed by atoms with Gasteiger partial charge >= 0.3 is 0 Å². The average Bonchev–Trinajstić information content (AvgIpc) is 2.39. The lowest BCUT2D eigenvalue weighted by molar-refractivity contribution is 0.0506. The van der Waals surface area contributed by atoms with Crippen LogP contribution in [0.4, 0.5) is 0 Å². The first-order chi connectivity index (χ1) is 9.10. The standard InChI is InChI=1S/C17H25NO/c1-13-6-7-15-12-18(2)9-8-17(15,11-13)14-4-3-5-16(19)10-14/h3-5,10,13,15,19H,6-9,11-12H2,1-2H3/t13-,15+,17-/m1/s1. The maximum atomic E-state index is 9.84. The molecule has 0 radical (unpaired) electrons. The summed E-state index contributed by atoms with van der Waals surface area (Å²) in [4.78, 5) is 2.47. The van der Waals surface area contributed by atoms with Crippen LogP contribution in [0.5, 0.6) is 5.75 Å². The maximum Gasteiger partial charge on any atom is 0.115 e. The molecular weight excluding hydrogens is 234 g/mol. The summed E-state index contributed by atoms with van der Waals surface area (Å²) in [6.45, 7) is 4.78. The number of nitrogens with zero attached hydrogens (tertiary/aromatic N) is 1. The van der Waals surface area contributed by atoms with E-state index in [1.54, 1.807) is 6.07 Å². The molecule has 0 unspecified atom stereocenters. The van der Waals surface area contributed by atoms with E-state index in [0.717, 1.165) is 11.8 Å². The van der Waals surface area contributed by atoms with Crippen molar-refractivity contribution in [1.82, 2.24) is 4.90 Å². The molecule has 1 aliphatic heterocycles. The summed E-state index contributed by atoms with van der Waals surface area (Å²) in [5.74, 6) is 1.98. The Kier molecular flexibility index (Phi) is 3.30. The third-order valence-corrected chi connectivity index (χ3v) is 5.39. The van der Waals surface area contributed by atoms with Gasteiger partial charge in [-0.25, -0.2) is 0 Å². The number of piperidine rings is 1. The SMILES string of the molecule is C[C@@H]1CC[C@H]2CN(C)CC[C@]2(c2cccc(O)c2)C1. The van der Waals surface area contributed by atoms with Crippen LogP contribution in [0.25, 0.3) is 0 Å². The molecule has 19 heavy (non-hydrogen) atoms. The van der Waals surface area contributed by atoms with Gasteiger partial charge in [-0.15, -0.1) is 0 Å².